The normalized spacial score (nSPS) is 23.4. The Bertz CT molecular complexity index is 558. The molecule has 0 radical (unpaired) electrons. The third kappa shape index (κ3) is 2.04. The van der Waals surface area contributed by atoms with E-state index >= 15 is 0 Å². The van der Waals surface area contributed by atoms with Crippen molar-refractivity contribution in [1.29, 1.82) is 0 Å². The molecular weight excluding hydrogens is 252 g/mol. The molecular formula is C11H16N4O2S. The fourth-order valence-electron chi connectivity index (χ4n) is 2.13. The summed E-state index contributed by atoms with van der Waals surface area (Å²) in [6.07, 6.45) is 8.40. The van der Waals surface area contributed by atoms with Crippen LogP contribution in [0.1, 0.15) is 0 Å². The lowest BCUT2D eigenvalue weighted by Crippen LogP contribution is -2.44. The Morgan fingerprint density at radius 1 is 1.56 bits per heavy atom. The van der Waals surface area contributed by atoms with Crippen molar-refractivity contribution < 1.29 is 8.42 Å². The third-order valence-electron chi connectivity index (χ3n) is 2.87. The van der Waals surface area contributed by atoms with Crippen LogP contribution in [0.4, 0.5) is 0 Å². The summed E-state index contributed by atoms with van der Waals surface area (Å²) in [5.41, 5.74) is -0.0695. The second kappa shape index (κ2) is 4.21. The fourth-order valence-corrected chi connectivity index (χ4v) is 3.11. The first-order valence-corrected chi connectivity index (χ1v) is 7.40. The van der Waals surface area contributed by atoms with Crippen molar-refractivity contribution in [1.82, 2.24) is 14.7 Å². The van der Waals surface area contributed by atoms with Crippen LogP contribution in [0.15, 0.2) is 16.9 Å². The van der Waals surface area contributed by atoms with Crippen LogP contribution in [-0.2, 0) is 9.84 Å². The van der Waals surface area contributed by atoms with Gasteiger partial charge in [-0.05, 0) is 0 Å². The summed E-state index contributed by atoms with van der Waals surface area (Å²) in [7, 11) is 0.370. The maximum Gasteiger partial charge on any atom is 0.226 e. The van der Waals surface area contributed by atoms with Gasteiger partial charge in [0.1, 0.15) is 0 Å². The summed E-state index contributed by atoms with van der Waals surface area (Å²) in [5, 5.41) is 0. The van der Waals surface area contributed by atoms with Gasteiger partial charge in [0.25, 0.3) is 0 Å². The number of hydrogen-bond donors (Lipinski definition) is 0. The molecule has 0 amide bonds. The standard InChI is InChI=1S/C11H16N4O2S/c1-5-6-15-8-13(2)7-9-10(15)12-11(14(9)3)18(4,16)17/h1,7,11H,6,8H2,2-4H3. The Morgan fingerprint density at radius 3 is 2.78 bits per heavy atom. The molecule has 18 heavy (non-hydrogen) atoms. The Hall–Kier alpha value is -1.68. The van der Waals surface area contributed by atoms with E-state index < -0.39 is 15.3 Å². The zero-order valence-corrected chi connectivity index (χ0v) is 11.5. The van der Waals surface area contributed by atoms with E-state index in [1.165, 1.54) is 6.26 Å². The van der Waals surface area contributed by atoms with Crippen LogP contribution < -0.4 is 0 Å². The number of aliphatic imine (C=N–C) groups is 1. The molecule has 6 nitrogen and oxygen atoms in total. The minimum atomic E-state index is -3.27. The van der Waals surface area contributed by atoms with Gasteiger partial charge in [-0.25, -0.2) is 13.4 Å². The van der Waals surface area contributed by atoms with E-state index in [1.807, 2.05) is 23.0 Å². The summed E-state index contributed by atoms with van der Waals surface area (Å²) >= 11 is 0. The number of fused-ring (bicyclic) bond motifs is 1. The quantitative estimate of drug-likeness (QED) is 0.622. The number of terminal acetylenes is 1. The molecule has 1 atom stereocenters. The molecule has 0 aromatic heterocycles. The molecule has 0 spiro atoms. The predicted octanol–water partition coefficient (Wildman–Crippen LogP) is -0.662. The minimum absolute atomic E-state index is 0.408. The Kier molecular flexibility index (Phi) is 2.99. The van der Waals surface area contributed by atoms with E-state index in [4.69, 9.17) is 6.42 Å². The van der Waals surface area contributed by atoms with Gasteiger partial charge in [0.2, 0.25) is 5.50 Å². The van der Waals surface area contributed by atoms with Crippen molar-refractivity contribution in [2.24, 2.45) is 4.99 Å². The fraction of sp³-hybridized carbons (Fsp3) is 0.545. The summed E-state index contributed by atoms with van der Waals surface area (Å²) in [4.78, 5) is 9.78. The highest BCUT2D eigenvalue weighted by Crippen LogP contribution is 2.27. The van der Waals surface area contributed by atoms with Crippen LogP contribution in [0.3, 0.4) is 0 Å². The van der Waals surface area contributed by atoms with Gasteiger partial charge < -0.3 is 14.7 Å². The number of rotatable bonds is 2. The van der Waals surface area contributed by atoms with Crippen molar-refractivity contribution in [3.8, 4) is 12.3 Å². The topological polar surface area (TPSA) is 56.2 Å². The maximum atomic E-state index is 11.7. The average Bonchev–Trinajstić information content (AvgIpc) is 2.57. The highest BCUT2D eigenvalue weighted by atomic mass is 32.2. The van der Waals surface area contributed by atoms with Gasteiger partial charge in [0.05, 0.1) is 18.9 Å². The van der Waals surface area contributed by atoms with Crippen molar-refractivity contribution in [2.75, 3.05) is 33.6 Å². The third-order valence-corrected chi connectivity index (χ3v) is 4.06. The van der Waals surface area contributed by atoms with Gasteiger partial charge in [-0.2, -0.15) is 0 Å². The second-order valence-corrected chi connectivity index (χ2v) is 6.61. The molecule has 0 aromatic rings. The van der Waals surface area contributed by atoms with E-state index in [-0.39, 0.29) is 0 Å². The SMILES string of the molecule is C#CCN1CN(C)C=C2C1=NC(S(C)(=O)=O)N2C. The van der Waals surface area contributed by atoms with Crippen LogP contribution in [0.2, 0.25) is 0 Å². The number of nitrogens with zero attached hydrogens (tertiary/aromatic N) is 4. The van der Waals surface area contributed by atoms with Crippen molar-refractivity contribution >= 4 is 15.7 Å². The molecule has 2 aliphatic rings. The Balaban J connectivity index is 2.44. The molecule has 0 aromatic carbocycles. The van der Waals surface area contributed by atoms with E-state index in [1.54, 1.807) is 11.9 Å². The zero-order chi connectivity index (χ0) is 13.5. The van der Waals surface area contributed by atoms with E-state index in [0.29, 0.717) is 19.0 Å². The first-order chi connectivity index (χ1) is 8.34. The molecule has 0 N–H and O–H groups in total. The number of likely N-dealkylation sites (N-methyl/N-ethyl adjacent to an activating group) is 1. The highest BCUT2D eigenvalue weighted by molar-refractivity contribution is 7.91. The van der Waals surface area contributed by atoms with Crippen molar-refractivity contribution in [2.45, 2.75) is 5.50 Å². The lowest BCUT2D eigenvalue weighted by Gasteiger charge is -2.34. The van der Waals surface area contributed by atoms with Crippen molar-refractivity contribution in [3.05, 3.63) is 11.9 Å². The monoisotopic (exact) mass is 268 g/mol. The van der Waals surface area contributed by atoms with Gasteiger partial charge in [-0.3, -0.25) is 0 Å². The molecule has 2 aliphatic heterocycles. The molecule has 0 aliphatic carbocycles. The van der Waals surface area contributed by atoms with Crippen molar-refractivity contribution in [3.63, 3.8) is 0 Å². The van der Waals surface area contributed by atoms with Gasteiger partial charge in [0, 0.05) is 26.6 Å². The Labute approximate surface area is 107 Å². The van der Waals surface area contributed by atoms with Gasteiger partial charge in [-0.15, -0.1) is 6.42 Å². The molecule has 0 saturated carbocycles. The van der Waals surface area contributed by atoms with E-state index in [0.717, 1.165) is 5.70 Å². The second-order valence-electron chi connectivity index (χ2n) is 4.53. The number of hydrogen-bond acceptors (Lipinski definition) is 6. The smallest absolute Gasteiger partial charge is 0.226 e. The largest absolute Gasteiger partial charge is 0.361 e. The summed E-state index contributed by atoms with van der Waals surface area (Å²) in [6.45, 7) is 1.02. The van der Waals surface area contributed by atoms with Gasteiger partial charge >= 0.3 is 0 Å². The molecule has 0 saturated heterocycles. The van der Waals surface area contributed by atoms with Crippen LogP contribution >= 0.6 is 0 Å². The highest BCUT2D eigenvalue weighted by Gasteiger charge is 2.38. The maximum absolute atomic E-state index is 11.7. The summed E-state index contributed by atoms with van der Waals surface area (Å²) < 4.78 is 23.4. The molecule has 2 heterocycles. The molecule has 0 fully saturated rings. The first kappa shape index (κ1) is 12.8. The Morgan fingerprint density at radius 2 is 2.22 bits per heavy atom. The van der Waals surface area contributed by atoms with E-state index in [2.05, 4.69) is 10.9 Å². The lowest BCUT2D eigenvalue weighted by molar-refractivity contribution is 0.278. The zero-order valence-electron chi connectivity index (χ0n) is 10.7. The minimum Gasteiger partial charge on any atom is -0.361 e. The molecule has 98 valence electrons. The lowest BCUT2D eigenvalue weighted by atomic mass is 10.3. The average molecular weight is 268 g/mol. The van der Waals surface area contributed by atoms with Crippen LogP contribution in [-0.4, -0.2) is 68.0 Å². The van der Waals surface area contributed by atoms with Gasteiger partial charge in [-0.1, -0.05) is 5.92 Å². The number of amidine groups is 1. The van der Waals surface area contributed by atoms with Crippen LogP contribution in [0.25, 0.3) is 0 Å². The van der Waals surface area contributed by atoms with Crippen LogP contribution in [0, 0.1) is 12.3 Å². The molecule has 2 rings (SSSR count). The summed E-state index contributed by atoms with van der Waals surface area (Å²) in [6, 6.07) is 0. The molecule has 7 heteroatoms. The van der Waals surface area contributed by atoms with Crippen LogP contribution in [0.5, 0.6) is 0 Å². The van der Waals surface area contributed by atoms with E-state index in [9.17, 15) is 8.42 Å². The first-order valence-electron chi connectivity index (χ1n) is 5.45. The predicted molar refractivity (Wildman–Crippen MR) is 70.1 cm³/mol. The molecule has 0 bridgehead atoms. The van der Waals surface area contributed by atoms with Gasteiger partial charge in [0.15, 0.2) is 15.7 Å². The molecule has 1 unspecified atom stereocenters. The number of sulfone groups is 1. The summed E-state index contributed by atoms with van der Waals surface area (Å²) in [5.74, 6) is 3.22.